The number of hydrogen-bond acceptors (Lipinski definition) is 2. The smallest absolute Gasteiger partial charge is 0.165 e. The van der Waals surface area contributed by atoms with Gasteiger partial charge in [-0.1, -0.05) is 18.6 Å². The molecule has 0 aromatic carbocycles. The molecule has 4 atom stereocenters. The Morgan fingerprint density at radius 2 is 1.86 bits per heavy atom. The van der Waals surface area contributed by atoms with Crippen molar-refractivity contribution in [3.8, 4) is 0 Å². The summed E-state index contributed by atoms with van der Waals surface area (Å²) in [5, 5.41) is 0. The molecule has 4 rings (SSSR count). The minimum Gasteiger partial charge on any atom is -0.300 e. The topological polar surface area (TPSA) is 34.1 Å². The van der Waals surface area contributed by atoms with Crippen molar-refractivity contribution in [3.05, 3.63) is 23.3 Å². The van der Waals surface area contributed by atoms with Crippen LogP contribution in [0.15, 0.2) is 23.3 Å². The van der Waals surface area contributed by atoms with Gasteiger partial charge in [0.1, 0.15) is 5.78 Å². The lowest BCUT2D eigenvalue weighted by Crippen LogP contribution is -2.47. The van der Waals surface area contributed by atoms with E-state index in [4.69, 9.17) is 0 Å². The predicted octanol–water partition coefficient (Wildman–Crippen LogP) is 4.01. The van der Waals surface area contributed by atoms with E-state index in [1.54, 1.807) is 11.6 Å². The molecule has 0 saturated heterocycles. The fourth-order valence-corrected chi connectivity index (χ4v) is 5.65. The number of hydrogen-bond donors (Lipinski definition) is 0. The normalized spacial score (nSPS) is 45.4. The van der Waals surface area contributed by atoms with Gasteiger partial charge in [-0.05, 0) is 67.9 Å². The van der Waals surface area contributed by atoms with Crippen LogP contribution in [0.5, 0.6) is 0 Å². The van der Waals surface area contributed by atoms with Gasteiger partial charge in [0.15, 0.2) is 5.78 Å². The van der Waals surface area contributed by atoms with Gasteiger partial charge >= 0.3 is 0 Å². The monoisotopic (exact) mass is 284 g/mol. The van der Waals surface area contributed by atoms with E-state index in [1.165, 1.54) is 5.57 Å². The van der Waals surface area contributed by atoms with Crippen LogP contribution in [0.3, 0.4) is 0 Å². The van der Waals surface area contributed by atoms with Crippen LogP contribution < -0.4 is 0 Å². The molecule has 2 saturated carbocycles. The van der Waals surface area contributed by atoms with Crippen molar-refractivity contribution in [2.75, 3.05) is 0 Å². The molecule has 0 bridgehead atoms. The number of carbonyl (C=O) groups excluding carboxylic acids is 2. The highest BCUT2D eigenvalue weighted by molar-refractivity contribution is 6.01. The number of fused-ring (bicyclic) bond motifs is 4. The lowest BCUT2D eigenvalue weighted by Gasteiger charge is -2.54. The Kier molecular flexibility index (Phi) is 2.68. The summed E-state index contributed by atoms with van der Waals surface area (Å²) in [4.78, 5) is 24.1. The molecule has 4 aliphatic rings. The van der Waals surface area contributed by atoms with E-state index < -0.39 is 0 Å². The van der Waals surface area contributed by atoms with Crippen LogP contribution in [0.4, 0.5) is 0 Å². The molecular weight excluding hydrogens is 260 g/mol. The molecule has 0 N–H and O–H groups in total. The summed E-state index contributed by atoms with van der Waals surface area (Å²) in [7, 11) is 0. The first kappa shape index (κ1) is 13.5. The first-order valence-corrected chi connectivity index (χ1v) is 8.43. The summed E-state index contributed by atoms with van der Waals surface area (Å²) in [6, 6.07) is 0. The third kappa shape index (κ3) is 1.65. The van der Waals surface area contributed by atoms with Crippen LogP contribution in [0.25, 0.3) is 0 Å². The lowest BCUT2D eigenvalue weighted by molar-refractivity contribution is -0.127. The highest BCUT2D eigenvalue weighted by Gasteiger charge is 2.54. The van der Waals surface area contributed by atoms with Crippen LogP contribution in [0, 0.1) is 22.7 Å². The summed E-state index contributed by atoms with van der Waals surface area (Å²) in [6.07, 6.45) is 10.8. The summed E-state index contributed by atoms with van der Waals surface area (Å²) in [6.45, 7) is 4.55. The van der Waals surface area contributed by atoms with Crippen LogP contribution in [0.1, 0.15) is 58.8 Å². The van der Waals surface area contributed by atoms with Crippen molar-refractivity contribution in [2.24, 2.45) is 22.7 Å². The highest BCUT2D eigenvalue weighted by Crippen LogP contribution is 2.61. The first-order chi connectivity index (χ1) is 9.95. The van der Waals surface area contributed by atoms with Crippen molar-refractivity contribution in [3.63, 3.8) is 0 Å². The van der Waals surface area contributed by atoms with Crippen LogP contribution in [-0.4, -0.2) is 11.6 Å². The third-order valence-corrected chi connectivity index (χ3v) is 7.15. The second-order valence-electron chi connectivity index (χ2n) is 8.04. The van der Waals surface area contributed by atoms with E-state index >= 15 is 0 Å². The van der Waals surface area contributed by atoms with E-state index in [1.807, 2.05) is 0 Å². The summed E-state index contributed by atoms with van der Waals surface area (Å²) < 4.78 is 0. The molecule has 0 aromatic heterocycles. The van der Waals surface area contributed by atoms with Crippen molar-refractivity contribution >= 4 is 11.6 Å². The molecule has 0 aromatic rings. The summed E-state index contributed by atoms with van der Waals surface area (Å²) in [5.74, 6) is 1.93. The second-order valence-corrected chi connectivity index (χ2v) is 8.04. The molecule has 2 nitrogen and oxygen atoms in total. The van der Waals surface area contributed by atoms with Crippen LogP contribution >= 0.6 is 0 Å². The molecule has 0 radical (unpaired) electrons. The van der Waals surface area contributed by atoms with Gasteiger partial charge in [-0.2, -0.15) is 0 Å². The van der Waals surface area contributed by atoms with Gasteiger partial charge in [-0.15, -0.1) is 0 Å². The SMILES string of the molecule is C[C@]12CC[C@H]3C(=C1C=CC2=O)CCC1CC(=O)CC[C@@]13C. The number of ketones is 2. The molecule has 1 unspecified atom stereocenters. The molecule has 2 heteroatoms. The quantitative estimate of drug-likeness (QED) is 0.673. The molecular formula is C19H24O2. The first-order valence-electron chi connectivity index (χ1n) is 8.43. The van der Waals surface area contributed by atoms with Gasteiger partial charge in [-0.3, -0.25) is 9.59 Å². The van der Waals surface area contributed by atoms with E-state index in [0.717, 1.165) is 44.9 Å². The minimum atomic E-state index is -0.237. The Balaban J connectivity index is 1.78. The zero-order valence-electron chi connectivity index (χ0n) is 13.1. The van der Waals surface area contributed by atoms with Crippen molar-refractivity contribution in [1.29, 1.82) is 0 Å². The average Bonchev–Trinajstić information content (AvgIpc) is 2.76. The molecule has 4 aliphatic carbocycles. The van der Waals surface area contributed by atoms with Gasteiger partial charge in [0, 0.05) is 12.8 Å². The maximum Gasteiger partial charge on any atom is 0.165 e. The predicted molar refractivity (Wildman–Crippen MR) is 81.7 cm³/mol. The maximum absolute atomic E-state index is 12.2. The van der Waals surface area contributed by atoms with E-state index in [0.29, 0.717) is 23.4 Å². The molecule has 2 fully saturated rings. The zero-order valence-corrected chi connectivity index (χ0v) is 13.1. The number of rotatable bonds is 0. The second kappa shape index (κ2) is 4.18. The van der Waals surface area contributed by atoms with Crippen LogP contribution in [0.2, 0.25) is 0 Å². The average molecular weight is 284 g/mol. The minimum absolute atomic E-state index is 0.237. The molecule has 0 heterocycles. The number of Topliss-reactive ketones (excluding diaryl/α,β-unsaturated/α-hetero) is 1. The number of allylic oxidation sites excluding steroid dienone is 4. The summed E-state index contributed by atoms with van der Waals surface area (Å²) in [5.41, 5.74) is 2.94. The van der Waals surface area contributed by atoms with Gasteiger partial charge in [0.25, 0.3) is 0 Å². The number of carbonyl (C=O) groups is 2. The van der Waals surface area contributed by atoms with E-state index in [2.05, 4.69) is 19.9 Å². The van der Waals surface area contributed by atoms with Crippen molar-refractivity contribution in [1.82, 2.24) is 0 Å². The Labute approximate surface area is 126 Å². The van der Waals surface area contributed by atoms with E-state index in [9.17, 15) is 9.59 Å². The van der Waals surface area contributed by atoms with Gasteiger partial charge in [0.05, 0.1) is 5.41 Å². The van der Waals surface area contributed by atoms with Gasteiger partial charge < -0.3 is 0 Å². The molecule has 0 amide bonds. The zero-order chi connectivity index (χ0) is 14.8. The maximum atomic E-state index is 12.2. The Morgan fingerprint density at radius 3 is 2.67 bits per heavy atom. The molecule has 21 heavy (non-hydrogen) atoms. The molecule has 0 aliphatic heterocycles. The fraction of sp³-hybridized carbons (Fsp3) is 0.684. The Bertz CT molecular complexity index is 597. The molecule has 0 spiro atoms. The van der Waals surface area contributed by atoms with E-state index in [-0.39, 0.29) is 10.8 Å². The van der Waals surface area contributed by atoms with Gasteiger partial charge in [0.2, 0.25) is 0 Å². The Morgan fingerprint density at radius 1 is 1.05 bits per heavy atom. The lowest BCUT2D eigenvalue weighted by atomic mass is 9.49. The van der Waals surface area contributed by atoms with Crippen molar-refractivity contribution in [2.45, 2.75) is 58.8 Å². The molecule has 112 valence electrons. The van der Waals surface area contributed by atoms with Gasteiger partial charge in [-0.25, -0.2) is 0 Å². The Hall–Kier alpha value is -1.18. The third-order valence-electron chi connectivity index (χ3n) is 7.15. The van der Waals surface area contributed by atoms with Crippen LogP contribution in [-0.2, 0) is 9.59 Å². The highest BCUT2D eigenvalue weighted by atomic mass is 16.1. The largest absolute Gasteiger partial charge is 0.300 e. The standard InChI is InChI=1S/C19H24O2/c1-18-9-7-13(20)11-12(18)3-4-14-15-5-6-17(21)19(15,2)10-8-16(14)18/h5-6,12,16H,3-4,7-11H2,1-2H3/t12?,16-,18-,19-/m0/s1. The fourth-order valence-electron chi connectivity index (χ4n) is 5.65. The van der Waals surface area contributed by atoms with Crippen molar-refractivity contribution < 1.29 is 9.59 Å². The summed E-state index contributed by atoms with van der Waals surface area (Å²) >= 11 is 0.